The largest absolute Gasteiger partial charge is 0.478 e. The summed E-state index contributed by atoms with van der Waals surface area (Å²) in [4.78, 5) is 11.1. The Bertz CT molecular complexity index is 430. The van der Waals surface area contributed by atoms with Crippen molar-refractivity contribution in [3.63, 3.8) is 0 Å². The highest BCUT2D eigenvalue weighted by molar-refractivity contribution is 6.31. The topological polar surface area (TPSA) is 58.6 Å². The Morgan fingerprint density at radius 3 is 2.83 bits per heavy atom. The zero-order valence-electron chi connectivity index (χ0n) is 9.99. The van der Waals surface area contributed by atoms with E-state index in [4.69, 9.17) is 21.4 Å². The molecule has 1 aromatic rings. The van der Waals surface area contributed by atoms with Gasteiger partial charge in [-0.2, -0.15) is 0 Å². The van der Waals surface area contributed by atoms with Crippen LogP contribution in [-0.2, 0) is 4.74 Å². The Balaban J connectivity index is 2.01. The summed E-state index contributed by atoms with van der Waals surface area (Å²) in [7, 11) is 0. The van der Waals surface area contributed by atoms with Crippen molar-refractivity contribution in [3.8, 4) is 0 Å². The standard InChI is InChI=1S/C13H16ClNO3/c14-10-1-2-12(11(7-10)13(16)17)15-8-9-3-5-18-6-4-9/h1-2,7,9,15H,3-6,8H2,(H,16,17). The molecule has 1 aromatic carbocycles. The average Bonchev–Trinajstić information content (AvgIpc) is 2.38. The fraction of sp³-hybridized carbons (Fsp3) is 0.462. The van der Waals surface area contributed by atoms with Crippen LogP contribution < -0.4 is 5.32 Å². The van der Waals surface area contributed by atoms with Gasteiger partial charge in [0.2, 0.25) is 0 Å². The zero-order valence-corrected chi connectivity index (χ0v) is 10.7. The maximum absolute atomic E-state index is 11.1. The number of rotatable bonds is 4. The molecule has 1 fully saturated rings. The summed E-state index contributed by atoms with van der Waals surface area (Å²) in [5.74, 6) is -0.428. The van der Waals surface area contributed by atoms with Crippen molar-refractivity contribution in [3.05, 3.63) is 28.8 Å². The van der Waals surface area contributed by atoms with Gasteiger partial charge in [0.25, 0.3) is 0 Å². The van der Waals surface area contributed by atoms with Gasteiger partial charge in [-0.25, -0.2) is 4.79 Å². The van der Waals surface area contributed by atoms with E-state index in [0.717, 1.165) is 32.6 Å². The Morgan fingerprint density at radius 1 is 1.44 bits per heavy atom. The smallest absolute Gasteiger partial charge is 0.337 e. The van der Waals surface area contributed by atoms with Crippen molar-refractivity contribution in [1.82, 2.24) is 0 Å². The molecule has 0 bridgehead atoms. The third kappa shape index (κ3) is 3.37. The van der Waals surface area contributed by atoms with Crippen molar-refractivity contribution in [2.75, 3.05) is 25.1 Å². The van der Waals surface area contributed by atoms with Gasteiger partial charge >= 0.3 is 5.97 Å². The molecule has 18 heavy (non-hydrogen) atoms. The molecule has 1 aliphatic heterocycles. The zero-order chi connectivity index (χ0) is 13.0. The van der Waals surface area contributed by atoms with Crippen LogP contribution in [0.15, 0.2) is 18.2 Å². The van der Waals surface area contributed by atoms with E-state index in [1.807, 2.05) is 0 Å². The molecule has 2 N–H and O–H groups in total. The van der Waals surface area contributed by atoms with E-state index in [0.29, 0.717) is 16.6 Å². The van der Waals surface area contributed by atoms with Gasteiger partial charge in [-0.1, -0.05) is 11.6 Å². The van der Waals surface area contributed by atoms with Gasteiger partial charge < -0.3 is 15.2 Å². The summed E-state index contributed by atoms with van der Waals surface area (Å²) in [6, 6.07) is 4.88. The van der Waals surface area contributed by atoms with E-state index < -0.39 is 5.97 Å². The number of aromatic carboxylic acids is 1. The quantitative estimate of drug-likeness (QED) is 0.882. The second kappa shape index (κ2) is 6.07. The first-order chi connectivity index (χ1) is 8.66. The fourth-order valence-electron chi connectivity index (χ4n) is 2.05. The molecule has 0 aromatic heterocycles. The van der Waals surface area contributed by atoms with Crippen LogP contribution in [0.4, 0.5) is 5.69 Å². The van der Waals surface area contributed by atoms with E-state index in [1.54, 1.807) is 12.1 Å². The minimum absolute atomic E-state index is 0.217. The van der Waals surface area contributed by atoms with E-state index in [-0.39, 0.29) is 5.56 Å². The van der Waals surface area contributed by atoms with Crippen molar-refractivity contribution in [2.24, 2.45) is 5.92 Å². The fourth-order valence-corrected chi connectivity index (χ4v) is 2.22. The minimum Gasteiger partial charge on any atom is -0.478 e. The molecule has 0 unspecified atom stereocenters. The molecule has 1 aliphatic rings. The minimum atomic E-state index is -0.966. The Labute approximate surface area is 111 Å². The van der Waals surface area contributed by atoms with Crippen LogP contribution in [0.25, 0.3) is 0 Å². The summed E-state index contributed by atoms with van der Waals surface area (Å²) in [6.07, 6.45) is 2.03. The van der Waals surface area contributed by atoms with Gasteiger partial charge in [-0.15, -0.1) is 0 Å². The number of ether oxygens (including phenoxy) is 1. The van der Waals surface area contributed by atoms with Gasteiger partial charge in [-0.05, 0) is 37.0 Å². The molecule has 0 radical (unpaired) electrons. The summed E-state index contributed by atoms with van der Waals surface area (Å²) in [5, 5.41) is 12.7. The van der Waals surface area contributed by atoms with Crippen LogP contribution in [0.2, 0.25) is 5.02 Å². The lowest BCUT2D eigenvalue weighted by Crippen LogP contribution is -2.23. The first-order valence-electron chi connectivity index (χ1n) is 6.01. The first-order valence-corrected chi connectivity index (χ1v) is 6.39. The monoisotopic (exact) mass is 269 g/mol. The molecule has 1 heterocycles. The van der Waals surface area contributed by atoms with Gasteiger partial charge in [0.05, 0.1) is 5.56 Å². The van der Waals surface area contributed by atoms with Crippen LogP contribution in [0.1, 0.15) is 23.2 Å². The number of carbonyl (C=O) groups is 1. The lowest BCUT2D eigenvalue weighted by atomic mass is 10.00. The van der Waals surface area contributed by atoms with Crippen LogP contribution in [0, 0.1) is 5.92 Å². The molecular weight excluding hydrogens is 254 g/mol. The summed E-state index contributed by atoms with van der Waals surface area (Å²) in [6.45, 7) is 2.35. The van der Waals surface area contributed by atoms with Crippen LogP contribution in [0.3, 0.4) is 0 Å². The van der Waals surface area contributed by atoms with Gasteiger partial charge in [0.1, 0.15) is 0 Å². The van der Waals surface area contributed by atoms with Crippen LogP contribution >= 0.6 is 11.6 Å². The predicted molar refractivity (Wildman–Crippen MR) is 70.4 cm³/mol. The summed E-state index contributed by atoms with van der Waals surface area (Å²) < 4.78 is 5.29. The molecule has 5 heteroatoms. The molecule has 0 saturated carbocycles. The highest BCUT2D eigenvalue weighted by Gasteiger charge is 2.15. The highest BCUT2D eigenvalue weighted by atomic mass is 35.5. The number of carboxylic acids is 1. The van der Waals surface area contributed by atoms with Gasteiger partial charge in [-0.3, -0.25) is 0 Å². The molecule has 0 aliphatic carbocycles. The Kier molecular flexibility index (Phi) is 4.44. The molecule has 0 amide bonds. The molecule has 98 valence electrons. The Hall–Kier alpha value is -1.26. The number of anilines is 1. The van der Waals surface area contributed by atoms with Crippen molar-refractivity contribution < 1.29 is 14.6 Å². The Morgan fingerprint density at radius 2 is 2.17 bits per heavy atom. The van der Waals surface area contributed by atoms with E-state index in [9.17, 15) is 4.79 Å². The normalized spacial score (nSPS) is 16.5. The first kappa shape index (κ1) is 13.2. The van der Waals surface area contributed by atoms with Crippen molar-refractivity contribution in [2.45, 2.75) is 12.8 Å². The van der Waals surface area contributed by atoms with E-state index in [2.05, 4.69) is 5.32 Å². The summed E-state index contributed by atoms with van der Waals surface area (Å²) >= 11 is 5.80. The third-order valence-corrected chi connectivity index (χ3v) is 3.37. The van der Waals surface area contributed by atoms with E-state index in [1.165, 1.54) is 6.07 Å². The van der Waals surface area contributed by atoms with Crippen LogP contribution in [-0.4, -0.2) is 30.8 Å². The second-order valence-electron chi connectivity index (χ2n) is 4.43. The number of carboxylic acid groups (broad SMARTS) is 1. The molecule has 1 saturated heterocycles. The third-order valence-electron chi connectivity index (χ3n) is 3.13. The van der Waals surface area contributed by atoms with Crippen LogP contribution in [0.5, 0.6) is 0 Å². The van der Waals surface area contributed by atoms with Gasteiger partial charge in [0.15, 0.2) is 0 Å². The van der Waals surface area contributed by atoms with Crippen molar-refractivity contribution in [1.29, 1.82) is 0 Å². The number of benzene rings is 1. The SMILES string of the molecule is O=C(O)c1cc(Cl)ccc1NCC1CCOCC1. The number of hydrogen-bond acceptors (Lipinski definition) is 3. The maximum atomic E-state index is 11.1. The van der Waals surface area contributed by atoms with Gasteiger partial charge in [0, 0.05) is 30.5 Å². The number of halogens is 1. The molecule has 0 spiro atoms. The number of hydrogen-bond donors (Lipinski definition) is 2. The lowest BCUT2D eigenvalue weighted by Gasteiger charge is -2.23. The van der Waals surface area contributed by atoms with E-state index >= 15 is 0 Å². The molecule has 2 rings (SSSR count). The molecule has 0 atom stereocenters. The van der Waals surface area contributed by atoms with Crippen molar-refractivity contribution >= 4 is 23.3 Å². The summed E-state index contributed by atoms with van der Waals surface area (Å²) in [5.41, 5.74) is 0.841. The lowest BCUT2D eigenvalue weighted by molar-refractivity contribution is 0.0689. The number of nitrogens with one attached hydrogen (secondary N) is 1. The highest BCUT2D eigenvalue weighted by Crippen LogP contribution is 2.22. The average molecular weight is 270 g/mol. The molecular formula is C13H16ClNO3. The second-order valence-corrected chi connectivity index (χ2v) is 4.87. The maximum Gasteiger partial charge on any atom is 0.337 e. The predicted octanol–water partition coefficient (Wildman–Crippen LogP) is 2.88. The molecule has 4 nitrogen and oxygen atoms in total.